The molecule has 2 aromatic heterocycles. The second-order valence-corrected chi connectivity index (χ2v) is 4.51. The van der Waals surface area contributed by atoms with E-state index in [2.05, 4.69) is 20.3 Å². The Morgan fingerprint density at radius 3 is 3.00 bits per heavy atom. The van der Waals surface area contributed by atoms with Gasteiger partial charge in [-0.15, -0.1) is 11.3 Å². The predicted octanol–water partition coefficient (Wildman–Crippen LogP) is 1.74. The number of likely N-dealkylation sites (N-methyl/N-ethyl adjacent to an activating group) is 1. The monoisotopic (exact) mass is 234 g/mol. The maximum atomic E-state index is 4.44. The molecule has 0 radical (unpaired) electrons. The summed E-state index contributed by atoms with van der Waals surface area (Å²) in [6, 6.07) is 2.18. The molecule has 4 nitrogen and oxygen atoms in total. The van der Waals surface area contributed by atoms with E-state index in [1.54, 1.807) is 17.5 Å². The van der Waals surface area contributed by atoms with Crippen LogP contribution in [0.5, 0.6) is 0 Å². The van der Waals surface area contributed by atoms with Gasteiger partial charge in [0.05, 0.1) is 17.2 Å². The van der Waals surface area contributed by atoms with E-state index < -0.39 is 0 Å². The molecular formula is C11H14N4S. The standard InChI is InChI=1S/C11H14N4S/c1-8-14-4-3-10(15-8)11(12-2)5-9-6-13-7-16-9/h3-4,6-7,11-12H,5H2,1-2H3. The summed E-state index contributed by atoms with van der Waals surface area (Å²) in [5, 5.41) is 3.27. The molecule has 0 bridgehead atoms. The van der Waals surface area contributed by atoms with E-state index in [9.17, 15) is 0 Å². The van der Waals surface area contributed by atoms with Crippen LogP contribution in [0.4, 0.5) is 0 Å². The summed E-state index contributed by atoms with van der Waals surface area (Å²) in [5.41, 5.74) is 2.89. The van der Waals surface area contributed by atoms with Crippen molar-refractivity contribution < 1.29 is 0 Å². The molecule has 0 aliphatic carbocycles. The lowest BCUT2D eigenvalue weighted by Gasteiger charge is -2.14. The average molecular weight is 234 g/mol. The van der Waals surface area contributed by atoms with Crippen molar-refractivity contribution >= 4 is 11.3 Å². The van der Waals surface area contributed by atoms with Crippen molar-refractivity contribution in [2.75, 3.05) is 7.05 Å². The smallest absolute Gasteiger partial charge is 0.125 e. The first kappa shape index (κ1) is 11.2. The van der Waals surface area contributed by atoms with E-state index >= 15 is 0 Å². The molecule has 5 heteroatoms. The van der Waals surface area contributed by atoms with Gasteiger partial charge in [-0.3, -0.25) is 4.98 Å². The minimum absolute atomic E-state index is 0.224. The normalized spacial score (nSPS) is 12.6. The van der Waals surface area contributed by atoms with Gasteiger partial charge in [0.1, 0.15) is 5.82 Å². The molecule has 0 aliphatic heterocycles. The summed E-state index contributed by atoms with van der Waals surface area (Å²) in [6.45, 7) is 1.91. The molecule has 0 aromatic carbocycles. The molecule has 2 aromatic rings. The SMILES string of the molecule is CNC(Cc1cncs1)c1ccnc(C)n1. The van der Waals surface area contributed by atoms with Gasteiger partial charge in [0.2, 0.25) is 0 Å². The third kappa shape index (κ3) is 2.62. The highest BCUT2D eigenvalue weighted by atomic mass is 32.1. The Hall–Kier alpha value is -1.33. The molecule has 0 aliphatic rings. The fraction of sp³-hybridized carbons (Fsp3) is 0.364. The third-order valence-electron chi connectivity index (χ3n) is 2.39. The summed E-state index contributed by atoms with van der Waals surface area (Å²) >= 11 is 1.67. The first-order valence-electron chi connectivity index (χ1n) is 5.14. The van der Waals surface area contributed by atoms with Gasteiger partial charge < -0.3 is 5.32 Å². The van der Waals surface area contributed by atoms with Crippen molar-refractivity contribution in [3.05, 3.63) is 40.4 Å². The molecule has 1 unspecified atom stereocenters. The second kappa shape index (κ2) is 5.14. The topological polar surface area (TPSA) is 50.7 Å². The predicted molar refractivity (Wildman–Crippen MR) is 64.4 cm³/mol. The highest BCUT2D eigenvalue weighted by molar-refractivity contribution is 7.09. The van der Waals surface area contributed by atoms with Crippen LogP contribution in [0, 0.1) is 6.92 Å². The minimum atomic E-state index is 0.224. The number of hydrogen-bond acceptors (Lipinski definition) is 5. The number of nitrogens with one attached hydrogen (secondary N) is 1. The zero-order valence-corrected chi connectivity index (χ0v) is 10.2. The summed E-state index contributed by atoms with van der Waals surface area (Å²) in [4.78, 5) is 13.9. The first-order valence-corrected chi connectivity index (χ1v) is 6.01. The third-order valence-corrected chi connectivity index (χ3v) is 3.19. The lowest BCUT2D eigenvalue weighted by Crippen LogP contribution is -2.20. The Bertz CT molecular complexity index is 441. The lowest BCUT2D eigenvalue weighted by molar-refractivity contribution is 0.576. The zero-order chi connectivity index (χ0) is 11.4. The van der Waals surface area contributed by atoms with Crippen molar-refractivity contribution in [2.24, 2.45) is 0 Å². The van der Waals surface area contributed by atoms with E-state index in [1.807, 2.05) is 31.7 Å². The Morgan fingerprint density at radius 2 is 2.38 bits per heavy atom. The van der Waals surface area contributed by atoms with Crippen LogP contribution in [0.3, 0.4) is 0 Å². The molecule has 0 amide bonds. The molecule has 0 fully saturated rings. The summed E-state index contributed by atoms with van der Waals surface area (Å²) < 4.78 is 0. The molecule has 16 heavy (non-hydrogen) atoms. The van der Waals surface area contributed by atoms with Crippen LogP contribution in [0.2, 0.25) is 0 Å². The zero-order valence-electron chi connectivity index (χ0n) is 9.34. The Labute approximate surface area is 98.8 Å². The largest absolute Gasteiger partial charge is 0.311 e. The van der Waals surface area contributed by atoms with Gasteiger partial charge in [-0.25, -0.2) is 9.97 Å². The van der Waals surface area contributed by atoms with Crippen molar-refractivity contribution in [2.45, 2.75) is 19.4 Å². The quantitative estimate of drug-likeness (QED) is 0.875. The second-order valence-electron chi connectivity index (χ2n) is 3.54. The van der Waals surface area contributed by atoms with Crippen LogP contribution in [0.1, 0.15) is 22.4 Å². The van der Waals surface area contributed by atoms with Crippen molar-refractivity contribution in [3.63, 3.8) is 0 Å². The number of hydrogen-bond donors (Lipinski definition) is 1. The van der Waals surface area contributed by atoms with Gasteiger partial charge in [0, 0.05) is 23.7 Å². The number of aromatic nitrogens is 3. The van der Waals surface area contributed by atoms with Gasteiger partial charge in [0.25, 0.3) is 0 Å². The number of aryl methyl sites for hydroxylation is 1. The van der Waals surface area contributed by atoms with Gasteiger partial charge >= 0.3 is 0 Å². The first-order chi connectivity index (χ1) is 7.79. The summed E-state index contributed by atoms with van der Waals surface area (Å²) in [7, 11) is 1.95. The van der Waals surface area contributed by atoms with Crippen LogP contribution < -0.4 is 5.32 Å². The van der Waals surface area contributed by atoms with Crippen LogP contribution in [0.15, 0.2) is 24.0 Å². The molecule has 0 saturated carbocycles. The maximum absolute atomic E-state index is 4.44. The molecular weight excluding hydrogens is 220 g/mol. The van der Waals surface area contributed by atoms with E-state index in [4.69, 9.17) is 0 Å². The Morgan fingerprint density at radius 1 is 1.50 bits per heavy atom. The van der Waals surface area contributed by atoms with Crippen LogP contribution in [0.25, 0.3) is 0 Å². The number of rotatable bonds is 4. The molecule has 1 atom stereocenters. The fourth-order valence-electron chi connectivity index (χ4n) is 1.57. The van der Waals surface area contributed by atoms with Gasteiger partial charge in [-0.05, 0) is 20.0 Å². The van der Waals surface area contributed by atoms with E-state index in [0.717, 1.165) is 17.9 Å². The van der Waals surface area contributed by atoms with Crippen molar-refractivity contribution in [3.8, 4) is 0 Å². The average Bonchev–Trinajstić information content (AvgIpc) is 2.78. The summed E-state index contributed by atoms with van der Waals surface area (Å²) in [6.07, 6.45) is 4.62. The number of thiazole rings is 1. The van der Waals surface area contributed by atoms with E-state index in [1.165, 1.54) is 4.88 Å². The Kier molecular flexibility index (Phi) is 3.58. The Balaban J connectivity index is 2.16. The van der Waals surface area contributed by atoms with Crippen molar-refractivity contribution in [1.29, 1.82) is 0 Å². The molecule has 2 rings (SSSR count). The molecule has 1 N–H and O–H groups in total. The summed E-state index contributed by atoms with van der Waals surface area (Å²) in [5.74, 6) is 0.807. The molecule has 0 saturated heterocycles. The lowest BCUT2D eigenvalue weighted by atomic mass is 10.1. The molecule has 2 heterocycles. The highest BCUT2D eigenvalue weighted by Crippen LogP contribution is 2.18. The highest BCUT2D eigenvalue weighted by Gasteiger charge is 2.12. The van der Waals surface area contributed by atoms with E-state index in [0.29, 0.717) is 0 Å². The van der Waals surface area contributed by atoms with Gasteiger partial charge in [0.15, 0.2) is 0 Å². The molecule has 0 spiro atoms. The fourth-order valence-corrected chi connectivity index (χ4v) is 2.21. The van der Waals surface area contributed by atoms with Gasteiger partial charge in [-0.2, -0.15) is 0 Å². The minimum Gasteiger partial charge on any atom is -0.311 e. The van der Waals surface area contributed by atoms with E-state index in [-0.39, 0.29) is 6.04 Å². The maximum Gasteiger partial charge on any atom is 0.125 e. The van der Waals surface area contributed by atoms with Crippen LogP contribution >= 0.6 is 11.3 Å². The van der Waals surface area contributed by atoms with Crippen LogP contribution in [-0.4, -0.2) is 22.0 Å². The number of nitrogens with zero attached hydrogens (tertiary/aromatic N) is 3. The van der Waals surface area contributed by atoms with Crippen LogP contribution in [-0.2, 0) is 6.42 Å². The van der Waals surface area contributed by atoms with Crippen molar-refractivity contribution in [1.82, 2.24) is 20.3 Å². The molecule has 84 valence electrons. The van der Waals surface area contributed by atoms with Gasteiger partial charge in [-0.1, -0.05) is 0 Å².